The van der Waals surface area contributed by atoms with Gasteiger partial charge < -0.3 is 9.64 Å². The largest absolute Gasteiger partial charge is 0.362 e. The summed E-state index contributed by atoms with van der Waals surface area (Å²) in [6.45, 7) is 4.54. The van der Waals surface area contributed by atoms with Crippen molar-refractivity contribution in [1.82, 2.24) is 10.2 Å². The smallest absolute Gasteiger partial charge is 0.255 e. The molecule has 1 unspecified atom stereocenters. The molecule has 0 aliphatic carbocycles. The summed E-state index contributed by atoms with van der Waals surface area (Å²) in [4.78, 5) is 14.1. The van der Waals surface area contributed by atoms with E-state index in [9.17, 15) is 4.79 Å². The Morgan fingerprint density at radius 2 is 2.33 bits per heavy atom. The van der Waals surface area contributed by atoms with E-state index in [0.29, 0.717) is 30.3 Å². The molecule has 5 heteroatoms. The first-order chi connectivity index (χ1) is 8.72. The van der Waals surface area contributed by atoms with E-state index in [-0.39, 0.29) is 12.1 Å². The summed E-state index contributed by atoms with van der Waals surface area (Å²) >= 11 is 6.04. The standard InChI is InChI=1S/C13H17ClN2O2/c1-2-18-12-9-16(8-7-15-12)13(17)10-5-3-4-6-11(10)14/h3-6,12,15H,2,7-9H2,1H3. The molecule has 1 N–H and O–H groups in total. The van der Waals surface area contributed by atoms with Crippen LogP contribution in [0, 0.1) is 0 Å². The van der Waals surface area contributed by atoms with Crippen molar-refractivity contribution in [2.24, 2.45) is 0 Å². The molecule has 0 spiro atoms. The summed E-state index contributed by atoms with van der Waals surface area (Å²) in [5.74, 6) is -0.0354. The molecule has 1 aromatic carbocycles. The molecule has 18 heavy (non-hydrogen) atoms. The zero-order valence-corrected chi connectivity index (χ0v) is 11.1. The Balaban J connectivity index is 2.07. The summed E-state index contributed by atoms with van der Waals surface area (Å²) in [6.07, 6.45) is -0.0878. The number of ether oxygens (including phenoxy) is 1. The molecule has 1 atom stereocenters. The van der Waals surface area contributed by atoms with Crippen LogP contribution >= 0.6 is 11.6 Å². The molecular formula is C13H17ClN2O2. The van der Waals surface area contributed by atoms with Crippen LogP contribution in [-0.4, -0.2) is 43.3 Å². The van der Waals surface area contributed by atoms with Crippen molar-refractivity contribution in [3.63, 3.8) is 0 Å². The van der Waals surface area contributed by atoms with Crippen LogP contribution in [-0.2, 0) is 4.74 Å². The molecule has 1 aliphatic rings. The van der Waals surface area contributed by atoms with Gasteiger partial charge >= 0.3 is 0 Å². The third-order valence-electron chi connectivity index (χ3n) is 2.90. The summed E-state index contributed by atoms with van der Waals surface area (Å²) in [7, 11) is 0. The first kappa shape index (κ1) is 13.3. The second kappa shape index (κ2) is 6.18. The molecule has 4 nitrogen and oxygen atoms in total. The van der Waals surface area contributed by atoms with Gasteiger partial charge in [-0.1, -0.05) is 23.7 Å². The molecule has 1 fully saturated rings. The van der Waals surface area contributed by atoms with Crippen LogP contribution in [0.15, 0.2) is 24.3 Å². The van der Waals surface area contributed by atoms with Gasteiger partial charge in [0.25, 0.3) is 5.91 Å². The third kappa shape index (κ3) is 3.02. The number of carbonyl (C=O) groups is 1. The van der Waals surface area contributed by atoms with Crippen molar-refractivity contribution in [2.45, 2.75) is 13.2 Å². The first-order valence-electron chi connectivity index (χ1n) is 6.11. The predicted molar refractivity (Wildman–Crippen MR) is 70.8 cm³/mol. The van der Waals surface area contributed by atoms with E-state index in [1.165, 1.54) is 0 Å². The van der Waals surface area contributed by atoms with Crippen LogP contribution < -0.4 is 5.32 Å². The maximum Gasteiger partial charge on any atom is 0.255 e. The topological polar surface area (TPSA) is 41.6 Å². The number of piperazine rings is 1. The molecule has 98 valence electrons. The fourth-order valence-electron chi connectivity index (χ4n) is 2.02. The molecule has 1 saturated heterocycles. The number of hydrogen-bond donors (Lipinski definition) is 1. The first-order valence-corrected chi connectivity index (χ1v) is 6.49. The molecule has 0 radical (unpaired) electrons. The minimum absolute atomic E-state index is 0.0354. The average molecular weight is 269 g/mol. The zero-order valence-electron chi connectivity index (χ0n) is 10.4. The minimum Gasteiger partial charge on any atom is -0.362 e. The predicted octanol–water partition coefficient (Wildman–Crippen LogP) is 1.75. The van der Waals surface area contributed by atoms with Crippen LogP contribution in [0.1, 0.15) is 17.3 Å². The lowest BCUT2D eigenvalue weighted by Gasteiger charge is -2.33. The van der Waals surface area contributed by atoms with Gasteiger partial charge in [0, 0.05) is 19.7 Å². The van der Waals surface area contributed by atoms with Crippen molar-refractivity contribution < 1.29 is 9.53 Å². The Morgan fingerprint density at radius 3 is 3.06 bits per heavy atom. The lowest BCUT2D eigenvalue weighted by atomic mass is 10.2. The van der Waals surface area contributed by atoms with Crippen LogP contribution in [0.2, 0.25) is 5.02 Å². The van der Waals surface area contributed by atoms with Gasteiger partial charge in [-0.2, -0.15) is 0 Å². The van der Waals surface area contributed by atoms with Crippen LogP contribution in [0.4, 0.5) is 0 Å². The van der Waals surface area contributed by atoms with Crippen molar-refractivity contribution in [3.8, 4) is 0 Å². The quantitative estimate of drug-likeness (QED) is 0.908. The molecule has 2 rings (SSSR count). The number of rotatable bonds is 3. The number of nitrogens with one attached hydrogen (secondary N) is 1. The summed E-state index contributed by atoms with van der Waals surface area (Å²) in [6, 6.07) is 7.13. The summed E-state index contributed by atoms with van der Waals surface area (Å²) < 4.78 is 5.49. The number of hydrogen-bond acceptors (Lipinski definition) is 3. The molecule has 1 aromatic rings. The van der Waals surface area contributed by atoms with E-state index >= 15 is 0 Å². The molecular weight excluding hydrogens is 252 g/mol. The molecule has 0 bridgehead atoms. The number of nitrogens with zero attached hydrogens (tertiary/aromatic N) is 1. The number of carbonyl (C=O) groups excluding carboxylic acids is 1. The Morgan fingerprint density at radius 1 is 1.56 bits per heavy atom. The van der Waals surface area contributed by atoms with E-state index in [2.05, 4.69) is 5.32 Å². The second-order valence-electron chi connectivity index (χ2n) is 4.13. The van der Waals surface area contributed by atoms with E-state index in [1.807, 2.05) is 19.1 Å². The fraction of sp³-hybridized carbons (Fsp3) is 0.462. The molecule has 1 heterocycles. The van der Waals surface area contributed by atoms with Crippen LogP contribution in [0.5, 0.6) is 0 Å². The highest BCUT2D eigenvalue weighted by atomic mass is 35.5. The van der Waals surface area contributed by atoms with Gasteiger partial charge in [-0.15, -0.1) is 0 Å². The Kier molecular flexibility index (Phi) is 4.58. The Hall–Kier alpha value is -1.10. The average Bonchev–Trinajstić information content (AvgIpc) is 2.39. The number of halogens is 1. The van der Waals surface area contributed by atoms with Gasteiger partial charge in [0.15, 0.2) is 0 Å². The van der Waals surface area contributed by atoms with Gasteiger partial charge in [-0.25, -0.2) is 0 Å². The van der Waals surface area contributed by atoms with Crippen LogP contribution in [0.25, 0.3) is 0 Å². The van der Waals surface area contributed by atoms with Crippen LogP contribution in [0.3, 0.4) is 0 Å². The normalized spacial score (nSPS) is 19.9. The summed E-state index contributed by atoms with van der Waals surface area (Å²) in [5, 5.41) is 3.72. The third-order valence-corrected chi connectivity index (χ3v) is 3.23. The molecule has 1 aliphatic heterocycles. The maximum atomic E-state index is 12.3. The molecule has 0 saturated carbocycles. The highest BCUT2D eigenvalue weighted by molar-refractivity contribution is 6.33. The van der Waals surface area contributed by atoms with Crippen molar-refractivity contribution in [1.29, 1.82) is 0 Å². The van der Waals surface area contributed by atoms with E-state index < -0.39 is 0 Å². The second-order valence-corrected chi connectivity index (χ2v) is 4.54. The fourth-order valence-corrected chi connectivity index (χ4v) is 2.24. The Bertz CT molecular complexity index is 423. The van der Waals surface area contributed by atoms with Gasteiger partial charge in [-0.05, 0) is 19.1 Å². The van der Waals surface area contributed by atoms with Gasteiger partial charge in [0.2, 0.25) is 0 Å². The van der Waals surface area contributed by atoms with Gasteiger partial charge in [0.05, 0.1) is 17.1 Å². The van der Waals surface area contributed by atoms with Crippen molar-refractivity contribution >= 4 is 17.5 Å². The Labute approximate surface area is 112 Å². The lowest BCUT2D eigenvalue weighted by molar-refractivity contribution is -0.00527. The highest BCUT2D eigenvalue weighted by Gasteiger charge is 2.25. The zero-order chi connectivity index (χ0) is 13.0. The minimum atomic E-state index is -0.0878. The number of benzene rings is 1. The molecule has 0 aromatic heterocycles. The van der Waals surface area contributed by atoms with Crippen molar-refractivity contribution in [2.75, 3.05) is 26.2 Å². The number of amides is 1. The van der Waals surface area contributed by atoms with Gasteiger partial charge in [-0.3, -0.25) is 10.1 Å². The van der Waals surface area contributed by atoms with E-state index in [4.69, 9.17) is 16.3 Å². The van der Waals surface area contributed by atoms with E-state index in [1.54, 1.807) is 17.0 Å². The lowest BCUT2D eigenvalue weighted by Crippen LogP contribution is -2.53. The molecule has 1 amide bonds. The van der Waals surface area contributed by atoms with E-state index in [0.717, 1.165) is 6.54 Å². The summed E-state index contributed by atoms with van der Waals surface area (Å²) in [5.41, 5.74) is 0.552. The monoisotopic (exact) mass is 268 g/mol. The van der Waals surface area contributed by atoms with Gasteiger partial charge in [0.1, 0.15) is 6.23 Å². The maximum absolute atomic E-state index is 12.3. The highest BCUT2D eigenvalue weighted by Crippen LogP contribution is 2.17. The SMILES string of the molecule is CCOC1CN(C(=O)c2ccccc2Cl)CCN1. The van der Waals surface area contributed by atoms with Crippen molar-refractivity contribution in [3.05, 3.63) is 34.9 Å².